The smallest absolute Gasteiger partial charge is 0.217 e. The fourth-order valence-electron chi connectivity index (χ4n) is 0.424. The van der Waals surface area contributed by atoms with E-state index in [2.05, 4.69) is 17.9 Å². The van der Waals surface area contributed by atoms with Crippen LogP contribution in [0, 0.1) is 0 Å². The van der Waals surface area contributed by atoms with E-state index < -0.39 is 17.9 Å². The van der Waals surface area contributed by atoms with Gasteiger partial charge in [0.1, 0.15) is 0 Å². The number of hydrogen-bond donors (Lipinski definition) is 2. The van der Waals surface area contributed by atoms with Gasteiger partial charge in [-0.05, 0) is 0 Å². The highest BCUT2D eigenvalue weighted by atomic mass is 32.1. The van der Waals surface area contributed by atoms with Crippen LogP contribution in [0.5, 0.6) is 0 Å². The Labute approximate surface area is 64.0 Å². The fourth-order valence-corrected chi connectivity index (χ4v) is 0.665. The summed E-state index contributed by atoms with van der Waals surface area (Å²) < 4.78 is 0. The molecule has 1 N–H and O–H groups in total. The summed E-state index contributed by atoms with van der Waals surface area (Å²) in [7, 11) is 0. The molecule has 0 aromatic carbocycles. The number of rotatable bonds is 3. The van der Waals surface area contributed by atoms with Crippen molar-refractivity contribution in [3.8, 4) is 0 Å². The van der Waals surface area contributed by atoms with Gasteiger partial charge in [0.05, 0.1) is 12.0 Å². The SMILES string of the molecule is CC(=O)N[C@H](CS)C(=O)[O-]. The number of nitrogens with one attached hydrogen (secondary N) is 1. The molecule has 0 rings (SSSR count). The van der Waals surface area contributed by atoms with E-state index in [1.165, 1.54) is 6.92 Å². The minimum atomic E-state index is -1.31. The Hall–Kier alpha value is -0.710. The molecule has 1 amide bonds. The van der Waals surface area contributed by atoms with Crippen molar-refractivity contribution >= 4 is 24.5 Å². The number of carboxylic acid groups (broad SMARTS) is 1. The van der Waals surface area contributed by atoms with Crippen molar-refractivity contribution < 1.29 is 14.7 Å². The van der Waals surface area contributed by atoms with Crippen molar-refractivity contribution in [3.05, 3.63) is 0 Å². The lowest BCUT2D eigenvalue weighted by Crippen LogP contribution is -2.48. The van der Waals surface area contributed by atoms with Gasteiger partial charge in [0.2, 0.25) is 5.91 Å². The third-order valence-corrected chi connectivity index (χ3v) is 1.21. The molecule has 0 spiro atoms. The maximum absolute atomic E-state index is 10.3. The zero-order chi connectivity index (χ0) is 8.15. The van der Waals surface area contributed by atoms with Gasteiger partial charge in [-0.1, -0.05) is 0 Å². The van der Waals surface area contributed by atoms with Gasteiger partial charge in [0.15, 0.2) is 0 Å². The first-order valence-electron chi connectivity index (χ1n) is 2.66. The van der Waals surface area contributed by atoms with Crippen LogP contribution in [0.15, 0.2) is 0 Å². The molecule has 0 saturated heterocycles. The lowest BCUT2D eigenvalue weighted by atomic mass is 10.3. The molecule has 0 aromatic heterocycles. The van der Waals surface area contributed by atoms with Crippen molar-refractivity contribution in [2.45, 2.75) is 13.0 Å². The minimum Gasteiger partial charge on any atom is -0.548 e. The maximum atomic E-state index is 10.3. The molecule has 0 saturated carbocycles. The predicted octanol–water partition coefficient (Wildman–Crippen LogP) is -1.83. The average molecular weight is 162 g/mol. The number of thiol groups is 1. The fraction of sp³-hybridized carbons (Fsp3) is 0.600. The number of aliphatic carboxylic acids is 1. The number of amides is 1. The highest BCUT2D eigenvalue weighted by Gasteiger charge is 2.06. The summed E-state index contributed by atoms with van der Waals surface area (Å²) in [6.45, 7) is 1.24. The standard InChI is InChI=1S/C5H9NO3S/c1-3(7)6-4(2-10)5(8)9/h4,10H,2H2,1H3,(H,6,7)(H,8,9)/p-1/t4-/m1/s1. The third-order valence-electron chi connectivity index (χ3n) is 0.845. The van der Waals surface area contributed by atoms with Crippen molar-refractivity contribution in [2.75, 3.05) is 5.75 Å². The summed E-state index contributed by atoms with van der Waals surface area (Å²) in [4.78, 5) is 20.4. The van der Waals surface area contributed by atoms with Crippen LogP contribution < -0.4 is 10.4 Å². The number of carbonyl (C=O) groups excluding carboxylic acids is 2. The molecule has 58 valence electrons. The van der Waals surface area contributed by atoms with Crippen LogP contribution in [-0.4, -0.2) is 23.7 Å². The van der Waals surface area contributed by atoms with E-state index >= 15 is 0 Å². The van der Waals surface area contributed by atoms with Gasteiger partial charge in [-0.25, -0.2) is 0 Å². The van der Waals surface area contributed by atoms with Crippen LogP contribution in [-0.2, 0) is 9.59 Å². The van der Waals surface area contributed by atoms with E-state index in [4.69, 9.17) is 0 Å². The topological polar surface area (TPSA) is 69.2 Å². The summed E-state index contributed by atoms with van der Waals surface area (Å²) in [5.41, 5.74) is 0. The zero-order valence-corrected chi connectivity index (χ0v) is 6.35. The summed E-state index contributed by atoms with van der Waals surface area (Å²) in [6.07, 6.45) is 0. The van der Waals surface area contributed by atoms with E-state index in [9.17, 15) is 14.7 Å². The molecule has 0 aliphatic heterocycles. The number of carboxylic acids is 1. The number of carbonyl (C=O) groups is 2. The maximum Gasteiger partial charge on any atom is 0.217 e. The molecular weight excluding hydrogens is 154 g/mol. The Balaban J connectivity index is 3.83. The molecule has 0 heterocycles. The number of hydrogen-bond acceptors (Lipinski definition) is 4. The van der Waals surface area contributed by atoms with E-state index in [0.717, 1.165) is 0 Å². The molecule has 0 bridgehead atoms. The van der Waals surface area contributed by atoms with Gasteiger partial charge in [0.25, 0.3) is 0 Å². The van der Waals surface area contributed by atoms with Crippen molar-refractivity contribution in [2.24, 2.45) is 0 Å². The van der Waals surface area contributed by atoms with Gasteiger partial charge in [0, 0.05) is 12.7 Å². The second kappa shape index (κ2) is 4.16. The van der Waals surface area contributed by atoms with Crippen LogP contribution in [0.1, 0.15) is 6.92 Å². The van der Waals surface area contributed by atoms with Crippen LogP contribution in [0.25, 0.3) is 0 Å². The van der Waals surface area contributed by atoms with E-state index in [1.807, 2.05) is 0 Å². The molecule has 0 unspecified atom stereocenters. The first-order valence-corrected chi connectivity index (χ1v) is 3.30. The van der Waals surface area contributed by atoms with E-state index in [0.29, 0.717) is 0 Å². The summed E-state index contributed by atoms with van der Waals surface area (Å²) in [5.74, 6) is -1.67. The molecular formula is C5H8NO3S-. The summed E-state index contributed by atoms with van der Waals surface area (Å²) in [5, 5.41) is 12.2. The van der Waals surface area contributed by atoms with Gasteiger partial charge < -0.3 is 15.2 Å². The second-order valence-corrected chi connectivity index (χ2v) is 2.12. The normalized spacial score (nSPS) is 12.2. The van der Waals surface area contributed by atoms with Gasteiger partial charge >= 0.3 is 0 Å². The van der Waals surface area contributed by atoms with Crippen LogP contribution in [0.2, 0.25) is 0 Å². The Morgan fingerprint density at radius 1 is 1.70 bits per heavy atom. The Kier molecular flexibility index (Phi) is 3.87. The summed E-state index contributed by atoms with van der Waals surface area (Å²) >= 11 is 3.69. The molecule has 0 fully saturated rings. The Morgan fingerprint density at radius 3 is 2.30 bits per heavy atom. The highest BCUT2D eigenvalue weighted by molar-refractivity contribution is 7.80. The van der Waals surface area contributed by atoms with Crippen LogP contribution in [0.4, 0.5) is 0 Å². The second-order valence-electron chi connectivity index (χ2n) is 1.75. The molecule has 0 aromatic rings. The van der Waals surface area contributed by atoms with Gasteiger partial charge in [-0.15, -0.1) is 0 Å². The van der Waals surface area contributed by atoms with Crippen LogP contribution >= 0.6 is 12.6 Å². The Bertz CT molecular complexity index is 148. The van der Waals surface area contributed by atoms with Crippen molar-refractivity contribution in [1.82, 2.24) is 5.32 Å². The quantitative estimate of drug-likeness (QED) is 0.480. The molecule has 10 heavy (non-hydrogen) atoms. The van der Waals surface area contributed by atoms with Crippen molar-refractivity contribution in [1.29, 1.82) is 0 Å². The van der Waals surface area contributed by atoms with E-state index in [1.54, 1.807) is 0 Å². The molecule has 0 radical (unpaired) electrons. The van der Waals surface area contributed by atoms with Gasteiger partial charge in [-0.3, -0.25) is 4.79 Å². The summed E-state index contributed by atoms with van der Waals surface area (Å²) in [6, 6.07) is -0.985. The van der Waals surface area contributed by atoms with Crippen molar-refractivity contribution in [3.63, 3.8) is 0 Å². The van der Waals surface area contributed by atoms with Gasteiger partial charge in [-0.2, -0.15) is 12.6 Å². The third kappa shape index (κ3) is 3.34. The van der Waals surface area contributed by atoms with E-state index in [-0.39, 0.29) is 5.75 Å². The Morgan fingerprint density at radius 2 is 2.20 bits per heavy atom. The molecule has 0 aliphatic carbocycles. The monoisotopic (exact) mass is 162 g/mol. The molecule has 0 aliphatic rings. The first kappa shape index (κ1) is 9.29. The van der Waals surface area contributed by atoms with Crippen LogP contribution in [0.3, 0.4) is 0 Å². The first-order chi connectivity index (χ1) is 4.57. The lowest BCUT2D eigenvalue weighted by molar-refractivity contribution is -0.307. The molecule has 1 atom stereocenters. The zero-order valence-electron chi connectivity index (χ0n) is 5.46. The molecule has 5 heteroatoms. The average Bonchev–Trinajstić information content (AvgIpc) is 1.81. The largest absolute Gasteiger partial charge is 0.548 e. The highest BCUT2D eigenvalue weighted by Crippen LogP contribution is 1.84. The predicted molar refractivity (Wildman–Crippen MR) is 36.5 cm³/mol. The lowest BCUT2D eigenvalue weighted by Gasteiger charge is -2.15. The minimum absolute atomic E-state index is 0.0436. The molecule has 4 nitrogen and oxygen atoms in total.